The zero-order chi connectivity index (χ0) is 20.7. The average Bonchev–Trinajstić information content (AvgIpc) is 2.66. The van der Waals surface area contributed by atoms with Gasteiger partial charge in [0, 0.05) is 18.3 Å². The lowest BCUT2D eigenvalue weighted by Gasteiger charge is -2.28. The van der Waals surface area contributed by atoms with Gasteiger partial charge in [0.15, 0.2) is 17.8 Å². The summed E-state index contributed by atoms with van der Waals surface area (Å²) in [5.74, 6) is -0.193. The zero-order valence-corrected chi connectivity index (χ0v) is 16.4. The largest absolute Gasteiger partial charge is 0.482 e. The molecule has 3 aromatic rings. The van der Waals surface area contributed by atoms with E-state index in [2.05, 4.69) is 5.32 Å². The molecule has 0 atom stereocenters. The Morgan fingerprint density at radius 3 is 2.69 bits per heavy atom. The first-order valence-corrected chi connectivity index (χ1v) is 9.31. The van der Waals surface area contributed by atoms with E-state index in [0.29, 0.717) is 34.6 Å². The molecule has 2 amide bonds. The smallest absolute Gasteiger partial charge is 0.291 e. The standard InChI is InChI=1S/C22H20N2O5/c1-4-24-15-9-14(5-6-17(15)28-11-20(24)26)23-22(27)19-10-16(25)21-13(3)7-12(2)8-18(21)29-19/h5-10H,4,11H2,1-3H3,(H,23,27). The van der Waals surface area contributed by atoms with Gasteiger partial charge >= 0.3 is 0 Å². The van der Waals surface area contributed by atoms with Crippen molar-refractivity contribution in [3.8, 4) is 5.75 Å². The predicted octanol–water partition coefficient (Wildman–Crippen LogP) is 3.41. The molecule has 1 N–H and O–H groups in total. The van der Waals surface area contributed by atoms with Crippen molar-refractivity contribution in [2.24, 2.45) is 0 Å². The van der Waals surface area contributed by atoms with Gasteiger partial charge in [-0.25, -0.2) is 0 Å². The molecule has 0 saturated heterocycles. The lowest BCUT2D eigenvalue weighted by Crippen LogP contribution is -2.38. The van der Waals surface area contributed by atoms with Crippen LogP contribution in [0.25, 0.3) is 11.0 Å². The number of carbonyl (C=O) groups is 2. The second-order valence-corrected chi connectivity index (χ2v) is 6.99. The molecule has 0 fully saturated rings. The molecule has 148 valence electrons. The Bertz CT molecular complexity index is 1210. The highest BCUT2D eigenvalue weighted by atomic mass is 16.5. The fourth-order valence-electron chi connectivity index (χ4n) is 3.60. The first-order valence-electron chi connectivity index (χ1n) is 9.31. The van der Waals surface area contributed by atoms with Crippen molar-refractivity contribution in [1.29, 1.82) is 0 Å². The van der Waals surface area contributed by atoms with Crippen LogP contribution >= 0.6 is 0 Å². The Hall–Kier alpha value is -3.61. The molecule has 0 radical (unpaired) electrons. The molecule has 29 heavy (non-hydrogen) atoms. The molecule has 2 aromatic carbocycles. The highest BCUT2D eigenvalue weighted by Gasteiger charge is 2.25. The molecule has 0 spiro atoms. The molecule has 4 rings (SSSR count). The molecule has 7 nitrogen and oxygen atoms in total. The highest BCUT2D eigenvalue weighted by molar-refractivity contribution is 6.04. The van der Waals surface area contributed by atoms with Crippen LogP contribution in [0.2, 0.25) is 0 Å². The summed E-state index contributed by atoms with van der Waals surface area (Å²) in [5.41, 5.74) is 2.91. The van der Waals surface area contributed by atoms with Crippen molar-refractivity contribution in [2.45, 2.75) is 20.8 Å². The lowest BCUT2D eigenvalue weighted by molar-refractivity contribution is -0.121. The third kappa shape index (κ3) is 3.35. The van der Waals surface area contributed by atoms with Gasteiger partial charge in [-0.15, -0.1) is 0 Å². The number of likely N-dealkylation sites (N-methyl/N-ethyl adjacent to an activating group) is 1. The van der Waals surface area contributed by atoms with Crippen molar-refractivity contribution in [1.82, 2.24) is 0 Å². The van der Waals surface area contributed by atoms with Crippen LogP contribution in [0.3, 0.4) is 0 Å². The summed E-state index contributed by atoms with van der Waals surface area (Å²) in [6.45, 7) is 6.08. The van der Waals surface area contributed by atoms with Gasteiger partial charge in [0.25, 0.3) is 11.8 Å². The lowest BCUT2D eigenvalue weighted by atomic mass is 10.1. The Labute approximate surface area is 166 Å². The van der Waals surface area contributed by atoms with Crippen molar-refractivity contribution in [3.63, 3.8) is 0 Å². The third-order valence-electron chi connectivity index (χ3n) is 4.87. The topological polar surface area (TPSA) is 88.9 Å². The van der Waals surface area contributed by atoms with Crippen LogP contribution in [-0.4, -0.2) is 25.0 Å². The molecule has 0 unspecified atom stereocenters. The van der Waals surface area contributed by atoms with Gasteiger partial charge in [-0.05, 0) is 56.2 Å². The maximum atomic E-state index is 12.7. The van der Waals surface area contributed by atoms with Crippen LogP contribution in [0, 0.1) is 13.8 Å². The number of fused-ring (bicyclic) bond motifs is 2. The Morgan fingerprint density at radius 2 is 1.93 bits per heavy atom. The number of nitrogens with zero attached hydrogens (tertiary/aromatic N) is 1. The van der Waals surface area contributed by atoms with Gasteiger partial charge in [0.1, 0.15) is 11.3 Å². The van der Waals surface area contributed by atoms with E-state index in [-0.39, 0.29) is 23.7 Å². The van der Waals surface area contributed by atoms with E-state index in [1.807, 2.05) is 26.8 Å². The first kappa shape index (κ1) is 18.7. The summed E-state index contributed by atoms with van der Waals surface area (Å²) in [7, 11) is 0. The molecular weight excluding hydrogens is 372 g/mol. The van der Waals surface area contributed by atoms with Gasteiger partial charge in [-0.1, -0.05) is 6.07 Å². The number of anilines is 2. The van der Waals surface area contributed by atoms with Crippen LogP contribution in [-0.2, 0) is 4.79 Å². The maximum Gasteiger partial charge on any atom is 0.291 e. The fourth-order valence-corrected chi connectivity index (χ4v) is 3.60. The number of carbonyl (C=O) groups excluding carboxylic acids is 2. The minimum atomic E-state index is -0.547. The molecular formula is C22H20N2O5. The predicted molar refractivity (Wildman–Crippen MR) is 110 cm³/mol. The van der Waals surface area contributed by atoms with Gasteiger partial charge in [-0.3, -0.25) is 14.4 Å². The van der Waals surface area contributed by atoms with Crippen LogP contribution < -0.4 is 20.4 Å². The van der Waals surface area contributed by atoms with Crippen molar-refractivity contribution < 1.29 is 18.7 Å². The molecule has 2 heterocycles. The Kier molecular flexibility index (Phi) is 4.58. The molecule has 1 aliphatic heterocycles. The SMILES string of the molecule is CCN1C(=O)COc2ccc(NC(=O)c3cc(=O)c4c(C)cc(C)cc4o3)cc21. The minimum Gasteiger partial charge on any atom is -0.482 e. The van der Waals surface area contributed by atoms with E-state index < -0.39 is 5.91 Å². The fraction of sp³-hybridized carbons (Fsp3) is 0.227. The van der Waals surface area contributed by atoms with Gasteiger partial charge in [0.2, 0.25) is 0 Å². The number of benzene rings is 2. The van der Waals surface area contributed by atoms with Gasteiger partial charge in [-0.2, -0.15) is 0 Å². The first-order chi connectivity index (χ1) is 13.9. The summed E-state index contributed by atoms with van der Waals surface area (Å²) in [6.07, 6.45) is 0. The Balaban J connectivity index is 1.68. The number of rotatable bonds is 3. The summed E-state index contributed by atoms with van der Waals surface area (Å²) < 4.78 is 11.1. The summed E-state index contributed by atoms with van der Waals surface area (Å²) in [6, 6.07) is 9.87. The number of ether oxygens (including phenoxy) is 1. The van der Waals surface area contributed by atoms with E-state index in [4.69, 9.17) is 9.15 Å². The van der Waals surface area contributed by atoms with Gasteiger partial charge < -0.3 is 19.4 Å². The quantitative estimate of drug-likeness (QED) is 0.738. The number of hydrogen-bond acceptors (Lipinski definition) is 5. The molecule has 1 aromatic heterocycles. The van der Waals surface area contributed by atoms with E-state index in [9.17, 15) is 14.4 Å². The average molecular weight is 392 g/mol. The number of aryl methyl sites for hydroxylation is 2. The maximum absolute atomic E-state index is 12.7. The molecule has 0 saturated carbocycles. The highest BCUT2D eigenvalue weighted by Crippen LogP contribution is 2.34. The van der Waals surface area contributed by atoms with Crippen molar-refractivity contribution >= 4 is 34.2 Å². The number of amides is 2. The summed E-state index contributed by atoms with van der Waals surface area (Å²) in [4.78, 5) is 38.8. The van der Waals surface area contributed by atoms with E-state index in [1.165, 1.54) is 6.07 Å². The molecule has 7 heteroatoms. The van der Waals surface area contributed by atoms with E-state index in [1.54, 1.807) is 29.2 Å². The molecule has 0 bridgehead atoms. The van der Waals surface area contributed by atoms with Crippen LogP contribution in [0.15, 0.2) is 45.6 Å². The van der Waals surface area contributed by atoms with Crippen molar-refractivity contribution in [3.05, 3.63) is 63.5 Å². The number of nitrogens with one attached hydrogen (secondary N) is 1. The number of hydrogen-bond donors (Lipinski definition) is 1. The second-order valence-electron chi connectivity index (χ2n) is 6.99. The van der Waals surface area contributed by atoms with Crippen LogP contribution in [0.4, 0.5) is 11.4 Å². The molecule has 1 aliphatic rings. The molecule has 0 aliphatic carbocycles. The normalized spacial score (nSPS) is 13.2. The van der Waals surface area contributed by atoms with Crippen LogP contribution in [0.5, 0.6) is 5.75 Å². The summed E-state index contributed by atoms with van der Waals surface area (Å²) >= 11 is 0. The van der Waals surface area contributed by atoms with E-state index >= 15 is 0 Å². The van der Waals surface area contributed by atoms with Crippen LogP contribution in [0.1, 0.15) is 28.6 Å². The Morgan fingerprint density at radius 1 is 1.14 bits per heavy atom. The zero-order valence-electron chi connectivity index (χ0n) is 16.4. The van der Waals surface area contributed by atoms with Crippen molar-refractivity contribution in [2.75, 3.05) is 23.4 Å². The summed E-state index contributed by atoms with van der Waals surface area (Å²) in [5, 5.41) is 3.19. The van der Waals surface area contributed by atoms with E-state index in [0.717, 1.165) is 11.1 Å². The monoisotopic (exact) mass is 392 g/mol. The minimum absolute atomic E-state index is 0.00632. The third-order valence-corrected chi connectivity index (χ3v) is 4.87. The van der Waals surface area contributed by atoms with Gasteiger partial charge in [0.05, 0.1) is 11.1 Å². The second kappa shape index (κ2) is 7.09.